The molecule has 1 unspecified atom stereocenters. The van der Waals surface area contributed by atoms with Gasteiger partial charge in [-0.1, -0.05) is 18.2 Å². The average Bonchev–Trinajstić information content (AvgIpc) is 2.71. The van der Waals surface area contributed by atoms with Crippen molar-refractivity contribution < 1.29 is 34.2 Å². The van der Waals surface area contributed by atoms with E-state index in [1.165, 1.54) is 6.92 Å². The second kappa shape index (κ2) is 6.48. The van der Waals surface area contributed by atoms with Crippen LogP contribution in [0, 0.1) is 0 Å². The molecule has 0 aliphatic carbocycles. The molecule has 0 aliphatic rings. The molecular weight excluding hydrogens is 298 g/mol. The Morgan fingerprint density at radius 1 is 1.37 bits per heavy atom. The van der Waals surface area contributed by atoms with Crippen LogP contribution in [0.15, 0.2) is 30.5 Å². The van der Waals surface area contributed by atoms with Gasteiger partial charge in [-0.05, 0) is 11.6 Å². The minimum Gasteiger partial charge on any atom is -0.480 e. The van der Waals surface area contributed by atoms with Gasteiger partial charge in [0.25, 0.3) is 0 Å². The van der Waals surface area contributed by atoms with E-state index in [0.29, 0.717) is 0 Å². The minimum absolute atomic E-state index is 0. The Balaban J connectivity index is 0.00000180. The summed E-state index contributed by atoms with van der Waals surface area (Å²) in [6, 6.07) is 6.75. The average molecular weight is 312 g/mol. The van der Waals surface area contributed by atoms with Gasteiger partial charge in [0.2, 0.25) is 5.91 Å². The minimum atomic E-state index is -1.03. The molecule has 0 saturated heterocycles. The van der Waals surface area contributed by atoms with Gasteiger partial charge in [-0.25, -0.2) is 4.79 Å². The topological polar surface area (TPSA) is 82.2 Å². The molecule has 0 saturated carbocycles. The molecule has 1 aromatic heterocycles. The quantitative estimate of drug-likeness (QED) is 0.744. The third kappa shape index (κ3) is 3.64. The van der Waals surface area contributed by atoms with Crippen LogP contribution in [0.25, 0.3) is 10.9 Å². The van der Waals surface area contributed by atoms with E-state index in [4.69, 9.17) is 5.11 Å². The SMILES string of the molecule is CC(=O)NC(Cc1c[nH]c2ccccc12)C(=O)O.[Zn]. The van der Waals surface area contributed by atoms with E-state index in [2.05, 4.69) is 10.3 Å². The van der Waals surface area contributed by atoms with E-state index >= 15 is 0 Å². The summed E-state index contributed by atoms with van der Waals surface area (Å²) in [6.07, 6.45) is 2.04. The number of hydrogen-bond acceptors (Lipinski definition) is 2. The van der Waals surface area contributed by atoms with Gasteiger partial charge in [0.1, 0.15) is 6.04 Å². The first-order valence-electron chi connectivity index (χ1n) is 5.63. The Labute approximate surface area is 123 Å². The van der Waals surface area contributed by atoms with Crippen molar-refractivity contribution in [2.24, 2.45) is 0 Å². The number of carbonyl (C=O) groups excluding carboxylic acids is 1. The number of carboxylic acid groups (broad SMARTS) is 1. The summed E-state index contributed by atoms with van der Waals surface area (Å²) in [6.45, 7) is 1.31. The largest absolute Gasteiger partial charge is 0.480 e. The van der Waals surface area contributed by atoms with Crippen LogP contribution in [0.5, 0.6) is 0 Å². The molecule has 1 amide bonds. The molecule has 0 fully saturated rings. The molecule has 0 aliphatic heterocycles. The fraction of sp³-hybridized carbons (Fsp3) is 0.231. The number of fused-ring (bicyclic) bond motifs is 1. The van der Waals surface area contributed by atoms with Gasteiger partial charge in [0, 0.05) is 49.9 Å². The van der Waals surface area contributed by atoms with Crippen LogP contribution in [0.1, 0.15) is 12.5 Å². The molecule has 3 N–H and O–H groups in total. The van der Waals surface area contributed by atoms with E-state index in [0.717, 1.165) is 16.5 Å². The van der Waals surface area contributed by atoms with Gasteiger partial charge in [-0.3, -0.25) is 4.79 Å². The van der Waals surface area contributed by atoms with Crippen molar-refractivity contribution in [3.05, 3.63) is 36.0 Å². The molecule has 2 rings (SSSR count). The normalized spacial score (nSPS) is 11.6. The number of hydrogen-bond donors (Lipinski definition) is 3. The number of rotatable bonds is 4. The van der Waals surface area contributed by atoms with Crippen LogP contribution in [0.2, 0.25) is 0 Å². The number of para-hydroxylation sites is 1. The van der Waals surface area contributed by atoms with Gasteiger partial charge < -0.3 is 15.4 Å². The Bertz CT molecular complexity index is 594. The number of nitrogens with one attached hydrogen (secondary N) is 2. The molecule has 6 heteroatoms. The molecule has 5 nitrogen and oxygen atoms in total. The maximum atomic E-state index is 11.1. The monoisotopic (exact) mass is 310 g/mol. The van der Waals surface area contributed by atoms with Crippen molar-refractivity contribution in [1.29, 1.82) is 0 Å². The summed E-state index contributed by atoms with van der Waals surface area (Å²) < 4.78 is 0. The number of carboxylic acids is 1. The molecular formula is C13H14N2O3Zn. The molecule has 1 atom stereocenters. The third-order valence-corrected chi connectivity index (χ3v) is 2.77. The predicted molar refractivity (Wildman–Crippen MR) is 67.2 cm³/mol. The number of aliphatic carboxylic acids is 1. The predicted octanol–water partition coefficient (Wildman–Crippen LogP) is 1.30. The Hall–Kier alpha value is -1.68. The standard InChI is InChI=1S/C13H14N2O3.Zn/c1-8(16)15-12(13(17)18)6-9-7-14-11-5-3-2-4-10(9)11;/h2-5,7,12,14H,6H2,1H3,(H,15,16)(H,17,18);. The van der Waals surface area contributed by atoms with Crippen LogP contribution in [-0.4, -0.2) is 28.0 Å². The second-order valence-electron chi connectivity index (χ2n) is 4.15. The van der Waals surface area contributed by atoms with E-state index in [1.54, 1.807) is 6.20 Å². The van der Waals surface area contributed by atoms with Gasteiger partial charge in [0.05, 0.1) is 0 Å². The first-order valence-corrected chi connectivity index (χ1v) is 5.63. The Morgan fingerprint density at radius 2 is 2.05 bits per heavy atom. The van der Waals surface area contributed by atoms with E-state index < -0.39 is 12.0 Å². The van der Waals surface area contributed by atoms with Crippen molar-refractivity contribution in [2.45, 2.75) is 19.4 Å². The number of aromatic amines is 1. The molecule has 1 aromatic carbocycles. The molecule has 0 radical (unpaired) electrons. The maximum Gasteiger partial charge on any atom is 0.326 e. The van der Waals surface area contributed by atoms with Crippen molar-refractivity contribution in [3.8, 4) is 0 Å². The number of aromatic nitrogens is 1. The Morgan fingerprint density at radius 3 is 2.68 bits per heavy atom. The molecule has 19 heavy (non-hydrogen) atoms. The van der Waals surface area contributed by atoms with Crippen molar-refractivity contribution >= 4 is 22.8 Å². The van der Waals surface area contributed by atoms with E-state index in [-0.39, 0.29) is 31.8 Å². The molecule has 1 heterocycles. The Kier molecular flexibility index (Phi) is 5.24. The molecule has 2 aromatic rings. The maximum absolute atomic E-state index is 11.1. The van der Waals surface area contributed by atoms with Crippen LogP contribution in [-0.2, 0) is 35.5 Å². The summed E-state index contributed by atoms with van der Waals surface area (Å²) in [4.78, 5) is 25.1. The second-order valence-corrected chi connectivity index (χ2v) is 4.15. The number of amides is 1. The zero-order valence-electron chi connectivity index (χ0n) is 10.6. The van der Waals surface area contributed by atoms with Gasteiger partial charge in [-0.2, -0.15) is 0 Å². The first-order chi connectivity index (χ1) is 8.58. The number of benzene rings is 1. The number of carbonyl (C=O) groups is 2. The van der Waals surface area contributed by atoms with Crippen molar-refractivity contribution in [3.63, 3.8) is 0 Å². The van der Waals surface area contributed by atoms with Gasteiger partial charge in [0.15, 0.2) is 0 Å². The van der Waals surface area contributed by atoms with Crippen LogP contribution < -0.4 is 5.32 Å². The summed E-state index contributed by atoms with van der Waals surface area (Å²) in [5, 5.41) is 12.5. The van der Waals surface area contributed by atoms with Crippen molar-refractivity contribution in [1.82, 2.24) is 10.3 Å². The first kappa shape index (κ1) is 15.4. The smallest absolute Gasteiger partial charge is 0.326 e. The van der Waals surface area contributed by atoms with Crippen LogP contribution in [0.3, 0.4) is 0 Å². The molecule has 0 bridgehead atoms. The molecule has 0 spiro atoms. The zero-order chi connectivity index (χ0) is 13.1. The zero-order valence-corrected chi connectivity index (χ0v) is 13.6. The van der Waals surface area contributed by atoms with Gasteiger partial charge in [-0.15, -0.1) is 0 Å². The number of H-pyrrole nitrogens is 1. The summed E-state index contributed by atoms with van der Waals surface area (Å²) >= 11 is 0. The summed E-state index contributed by atoms with van der Waals surface area (Å²) in [7, 11) is 0. The van der Waals surface area contributed by atoms with Crippen LogP contribution >= 0.6 is 0 Å². The fourth-order valence-electron chi connectivity index (χ4n) is 1.97. The van der Waals surface area contributed by atoms with E-state index in [1.807, 2.05) is 24.3 Å². The van der Waals surface area contributed by atoms with Gasteiger partial charge >= 0.3 is 5.97 Å². The molecule has 96 valence electrons. The third-order valence-electron chi connectivity index (χ3n) is 2.77. The summed E-state index contributed by atoms with van der Waals surface area (Å²) in [5.74, 6) is -1.38. The van der Waals surface area contributed by atoms with E-state index in [9.17, 15) is 9.59 Å². The van der Waals surface area contributed by atoms with Crippen LogP contribution in [0.4, 0.5) is 0 Å². The van der Waals surface area contributed by atoms with Crippen molar-refractivity contribution in [2.75, 3.05) is 0 Å². The summed E-state index contributed by atoms with van der Waals surface area (Å²) in [5.41, 5.74) is 1.84. The fourth-order valence-corrected chi connectivity index (χ4v) is 1.97.